The molecule has 0 unspecified atom stereocenters. The maximum atomic E-state index is 8.87. The van der Waals surface area contributed by atoms with Crippen molar-refractivity contribution in [1.29, 1.82) is 0 Å². The molecule has 0 aromatic carbocycles. The average Bonchev–Trinajstić information content (AvgIpc) is 2.26. The number of allylic oxidation sites excluding steroid dienone is 1. The minimum absolute atomic E-state index is 0.0628. The number of rotatable bonds is 6. The highest BCUT2D eigenvalue weighted by Crippen LogP contribution is 2.16. The van der Waals surface area contributed by atoms with Crippen LogP contribution in [0.4, 0.5) is 0 Å². The lowest BCUT2D eigenvalue weighted by Gasteiger charge is -2.12. The van der Waals surface area contributed by atoms with Crippen LogP contribution < -0.4 is 0 Å². The van der Waals surface area contributed by atoms with Crippen molar-refractivity contribution in [3.8, 4) is 0 Å². The molecule has 0 amide bonds. The Morgan fingerprint density at radius 3 is 2.71 bits per heavy atom. The highest BCUT2D eigenvalue weighted by Gasteiger charge is 2.06. The van der Waals surface area contributed by atoms with Gasteiger partial charge < -0.3 is 10.2 Å². The first-order valence-electron chi connectivity index (χ1n) is 5.26. The molecule has 0 radical (unpaired) electrons. The van der Waals surface area contributed by atoms with Crippen LogP contribution in [0.2, 0.25) is 0 Å². The van der Waals surface area contributed by atoms with Crippen LogP contribution in [0, 0.1) is 5.92 Å². The van der Waals surface area contributed by atoms with Crippen LogP contribution in [0.15, 0.2) is 16.6 Å². The maximum Gasteiger partial charge on any atom is 0.0481 e. The molecule has 0 bridgehead atoms. The van der Waals surface area contributed by atoms with E-state index in [0.29, 0.717) is 0 Å². The number of dihydropyridines is 1. The van der Waals surface area contributed by atoms with E-state index in [9.17, 15) is 0 Å². The molecule has 1 aliphatic heterocycles. The van der Waals surface area contributed by atoms with Gasteiger partial charge in [-0.15, -0.1) is 0 Å². The Morgan fingerprint density at radius 2 is 2.14 bits per heavy atom. The van der Waals surface area contributed by atoms with Crippen molar-refractivity contribution in [1.82, 2.24) is 0 Å². The van der Waals surface area contributed by atoms with Crippen LogP contribution >= 0.6 is 0 Å². The van der Waals surface area contributed by atoms with E-state index in [1.165, 1.54) is 5.57 Å². The number of hydrogen-bond donors (Lipinski definition) is 2. The second-order valence-electron chi connectivity index (χ2n) is 3.75. The summed E-state index contributed by atoms with van der Waals surface area (Å²) >= 11 is 0. The number of aliphatic hydroxyl groups is 2. The van der Waals surface area contributed by atoms with Crippen molar-refractivity contribution in [3.05, 3.63) is 11.6 Å². The Kier molecular flexibility index (Phi) is 5.49. The number of aliphatic imine (C=N–C) groups is 1. The normalized spacial score (nSPS) is 16.1. The first-order valence-corrected chi connectivity index (χ1v) is 5.26. The van der Waals surface area contributed by atoms with Gasteiger partial charge in [-0.1, -0.05) is 5.57 Å². The lowest BCUT2D eigenvalue weighted by Crippen LogP contribution is -2.10. The maximum absolute atomic E-state index is 8.87. The second kappa shape index (κ2) is 6.74. The summed E-state index contributed by atoms with van der Waals surface area (Å²) in [6.45, 7) is 1.10. The van der Waals surface area contributed by atoms with Gasteiger partial charge >= 0.3 is 0 Å². The van der Waals surface area contributed by atoms with E-state index in [1.54, 1.807) is 0 Å². The Hall–Kier alpha value is -0.670. The van der Waals surface area contributed by atoms with Gasteiger partial charge in [-0.3, -0.25) is 4.99 Å². The van der Waals surface area contributed by atoms with E-state index in [4.69, 9.17) is 10.2 Å². The highest BCUT2D eigenvalue weighted by molar-refractivity contribution is 5.73. The molecule has 0 aromatic heterocycles. The van der Waals surface area contributed by atoms with Gasteiger partial charge in [0.05, 0.1) is 0 Å². The Morgan fingerprint density at radius 1 is 1.36 bits per heavy atom. The Balaban J connectivity index is 2.14. The molecular formula is C11H19NO2. The fraction of sp³-hybridized carbons (Fsp3) is 0.727. The minimum atomic E-state index is 0.0628. The smallest absolute Gasteiger partial charge is 0.0481 e. The van der Waals surface area contributed by atoms with Gasteiger partial charge in [-0.2, -0.15) is 0 Å². The highest BCUT2D eigenvalue weighted by atomic mass is 16.3. The van der Waals surface area contributed by atoms with E-state index in [0.717, 1.165) is 32.2 Å². The third-order valence-corrected chi connectivity index (χ3v) is 2.60. The molecule has 14 heavy (non-hydrogen) atoms. The molecule has 0 aliphatic carbocycles. The lowest BCUT2D eigenvalue weighted by molar-refractivity contribution is 0.142. The average molecular weight is 197 g/mol. The largest absolute Gasteiger partial charge is 0.396 e. The van der Waals surface area contributed by atoms with Gasteiger partial charge in [0.15, 0.2) is 0 Å². The predicted octanol–water partition coefficient (Wildman–Crippen LogP) is 1.16. The van der Waals surface area contributed by atoms with E-state index in [1.807, 2.05) is 6.21 Å². The molecule has 1 aliphatic rings. The van der Waals surface area contributed by atoms with Crippen LogP contribution in [0.5, 0.6) is 0 Å². The van der Waals surface area contributed by atoms with Crippen molar-refractivity contribution in [2.45, 2.75) is 25.7 Å². The van der Waals surface area contributed by atoms with E-state index < -0.39 is 0 Å². The van der Waals surface area contributed by atoms with Gasteiger partial charge in [0.2, 0.25) is 0 Å². The number of hydrogen-bond acceptors (Lipinski definition) is 3. The zero-order valence-electron chi connectivity index (χ0n) is 8.52. The minimum Gasteiger partial charge on any atom is -0.396 e. The second-order valence-corrected chi connectivity index (χ2v) is 3.75. The van der Waals surface area contributed by atoms with Crippen molar-refractivity contribution in [2.24, 2.45) is 10.9 Å². The quantitative estimate of drug-likeness (QED) is 0.671. The fourth-order valence-electron chi connectivity index (χ4n) is 1.59. The lowest BCUT2D eigenvalue weighted by atomic mass is 9.99. The number of aliphatic hydroxyl groups excluding tert-OH is 2. The predicted molar refractivity (Wildman–Crippen MR) is 57.6 cm³/mol. The molecule has 80 valence electrons. The number of nitrogens with zero attached hydrogens (tertiary/aromatic N) is 1. The summed E-state index contributed by atoms with van der Waals surface area (Å²) in [6.07, 6.45) is 8.04. The van der Waals surface area contributed by atoms with E-state index in [-0.39, 0.29) is 19.1 Å². The summed E-state index contributed by atoms with van der Waals surface area (Å²) in [5.74, 6) is 0.0628. The molecule has 3 nitrogen and oxygen atoms in total. The van der Waals surface area contributed by atoms with Crippen molar-refractivity contribution < 1.29 is 10.2 Å². The molecule has 0 saturated carbocycles. The van der Waals surface area contributed by atoms with Crippen LogP contribution in [-0.4, -0.2) is 36.2 Å². The topological polar surface area (TPSA) is 52.8 Å². The molecule has 0 atom stereocenters. The van der Waals surface area contributed by atoms with Crippen LogP contribution in [0.3, 0.4) is 0 Å². The molecule has 0 spiro atoms. The molecule has 3 heteroatoms. The zero-order chi connectivity index (χ0) is 10.2. The van der Waals surface area contributed by atoms with E-state index >= 15 is 0 Å². The standard InChI is InChI=1S/C11H19NO2/c13-8-11(9-14)3-1-2-10-4-6-12-7-5-10/h4,6,11,13-14H,1-3,5,7-9H2. The first kappa shape index (κ1) is 11.4. The molecule has 0 aromatic rings. The summed E-state index contributed by atoms with van der Waals surface area (Å²) in [5.41, 5.74) is 1.44. The summed E-state index contributed by atoms with van der Waals surface area (Å²) in [6, 6.07) is 0. The van der Waals surface area contributed by atoms with Crippen molar-refractivity contribution in [3.63, 3.8) is 0 Å². The summed E-state index contributed by atoms with van der Waals surface area (Å²) in [5, 5.41) is 17.7. The third-order valence-electron chi connectivity index (χ3n) is 2.60. The van der Waals surface area contributed by atoms with Gasteiger partial charge in [-0.05, 0) is 31.8 Å². The third kappa shape index (κ3) is 4.03. The van der Waals surface area contributed by atoms with Gasteiger partial charge in [0, 0.05) is 31.9 Å². The van der Waals surface area contributed by atoms with E-state index in [2.05, 4.69) is 11.1 Å². The van der Waals surface area contributed by atoms with Gasteiger partial charge in [-0.25, -0.2) is 0 Å². The zero-order valence-corrected chi connectivity index (χ0v) is 8.52. The summed E-state index contributed by atoms with van der Waals surface area (Å²) in [4.78, 5) is 4.12. The van der Waals surface area contributed by atoms with Gasteiger partial charge in [0.1, 0.15) is 0 Å². The summed E-state index contributed by atoms with van der Waals surface area (Å²) in [7, 11) is 0. The van der Waals surface area contributed by atoms with Crippen LogP contribution in [0.1, 0.15) is 25.7 Å². The molecule has 1 heterocycles. The molecule has 1 rings (SSSR count). The van der Waals surface area contributed by atoms with Gasteiger partial charge in [0.25, 0.3) is 0 Å². The molecule has 2 N–H and O–H groups in total. The Bertz CT molecular complexity index is 207. The van der Waals surface area contributed by atoms with Crippen LogP contribution in [0.25, 0.3) is 0 Å². The fourth-order valence-corrected chi connectivity index (χ4v) is 1.59. The molecule has 0 fully saturated rings. The van der Waals surface area contributed by atoms with Crippen LogP contribution in [-0.2, 0) is 0 Å². The van der Waals surface area contributed by atoms with Crippen molar-refractivity contribution >= 4 is 6.21 Å². The molecule has 0 saturated heterocycles. The monoisotopic (exact) mass is 197 g/mol. The SMILES string of the molecule is OCC(CO)CCCC1=CC=NCC1. The summed E-state index contributed by atoms with van der Waals surface area (Å²) < 4.78 is 0. The van der Waals surface area contributed by atoms with Crippen molar-refractivity contribution in [2.75, 3.05) is 19.8 Å². The molecular weight excluding hydrogens is 178 g/mol. The first-order chi connectivity index (χ1) is 6.86. The Labute approximate surface area is 85.2 Å².